The number of pyridine rings is 1. The van der Waals surface area contributed by atoms with E-state index in [-0.39, 0.29) is 24.6 Å². The van der Waals surface area contributed by atoms with E-state index in [2.05, 4.69) is 20.1 Å². The summed E-state index contributed by atoms with van der Waals surface area (Å²) in [4.78, 5) is 37.3. The van der Waals surface area contributed by atoms with Crippen LogP contribution in [0.25, 0.3) is 22.3 Å². The summed E-state index contributed by atoms with van der Waals surface area (Å²) in [5.41, 5.74) is 1.28. The van der Waals surface area contributed by atoms with Gasteiger partial charge in [-0.25, -0.2) is 4.98 Å². The highest BCUT2D eigenvalue weighted by molar-refractivity contribution is 5.77. The second-order valence-electron chi connectivity index (χ2n) is 6.99. The fraction of sp³-hybridized carbons (Fsp3) is 0.273. The molecule has 0 aliphatic heterocycles. The normalized spacial score (nSPS) is 11.0. The van der Waals surface area contributed by atoms with Gasteiger partial charge >= 0.3 is 5.97 Å². The van der Waals surface area contributed by atoms with Gasteiger partial charge in [-0.3, -0.25) is 19.1 Å². The number of ether oxygens (including phenoxy) is 1. The molecule has 1 aromatic carbocycles. The van der Waals surface area contributed by atoms with Gasteiger partial charge in [0.15, 0.2) is 0 Å². The van der Waals surface area contributed by atoms with Gasteiger partial charge in [0.1, 0.15) is 5.82 Å². The van der Waals surface area contributed by atoms with Crippen molar-refractivity contribution in [2.75, 3.05) is 6.61 Å². The molecule has 3 aromatic heterocycles. The maximum absolute atomic E-state index is 12.4. The molecule has 31 heavy (non-hydrogen) atoms. The van der Waals surface area contributed by atoms with Crippen molar-refractivity contribution < 1.29 is 14.1 Å². The van der Waals surface area contributed by atoms with Crippen LogP contribution in [-0.2, 0) is 29.4 Å². The third-order valence-electron chi connectivity index (χ3n) is 4.81. The Balaban J connectivity index is 1.24. The molecule has 0 bridgehead atoms. The van der Waals surface area contributed by atoms with Crippen LogP contribution >= 0.6 is 0 Å². The van der Waals surface area contributed by atoms with E-state index < -0.39 is 0 Å². The Morgan fingerprint density at radius 3 is 2.84 bits per heavy atom. The number of hydrogen-bond donors (Lipinski definition) is 0. The van der Waals surface area contributed by atoms with Crippen molar-refractivity contribution >= 4 is 16.9 Å². The Kier molecular flexibility index (Phi) is 6.11. The molecule has 0 saturated carbocycles. The summed E-state index contributed by atoms with van der Waals surface area (Å²) in [5.74, 6) is 1.16. The van der Waals surface area contributed by atoms with E-state index in [1.165, 1.54) is 4.57 Å². The summed E-state index contributed by atoms with van der Waals surface area (Å²) in [5, 5.41) is 4.49. The van der Waals surface area contributed by atoms with E-state index >= 15 is 0 Å². The van der Waals surface area contributed by atoms with E-state index in [0.717, 1.165) is 5.56 Å². The molecular weight excluding hydrogens is 398 g/mol. The zero-order chi connectivity index (χ0) is 21.6. The minimum Gasteiger partial charge on any atom is -0.466 e. The molecule has 0 radical (unpaired) electrons. The van der Waals surface area contributed by atoms with Crippen LogP contribution in [0, 0.1) is 0 Å². The summed E-state index contributed by atoms with van der Waals surface area (Å²) < 4.78 is 12.0. The van der Waals surface area contributed by atoms with E-state index in [9.17, 15) is 9.59 Å². The first-order valence-electron chi connectivity index (χ1n) is 9.95. The summed E-state index contributed by atoms with van der Waals surface area (Å²) in [6.07, 6.45) is 4.87. The van der Waals surface area contributed by atoms with Crippen molar-refractivity contribution in [1.29, 1.82) is 0 Å². The molecule has 0 aliphatic rings. The van der Waals surface area contributed by atoms with Gasteiger partial charge in [0.25, 0.3) is 5.56 Å². The first-order chi connectivity index (χ1) is 15.1. The average Bonchev–Trinajstić information content (AvgIpc) is 3.28. The third-order valence-corrected chi connectivity index (χ3v) is 4.81. The molecule has 158 valence electrons. The van der Waals surface area contributed by atoms with Gasteiger partial charge < -0.3 is 9.26 Å². The Morgan fingerprint density at radius 2 is 2.00 bits per heavy atom. The fourth-order valence-corrected chi connectivity index (χ4v) is 3.15. The Morgan fingerprint density at radius 1 is 1.13 bits per heavy atom. The van der Waals surface area contributed by atoms with Crippen molar-refractivity contribution in [3.63, 3.8) is 0 Å². The number of benzene rings is 1. The first kappa shape index (κ1) is 20.4. The molecule has 9 nitrogen and oxygen atoms in total. The van der Waals surface area contributed by atoms with Gasteiger partial charge in [-0.2, -0.15) is 4.98 Å². The molecule has 4 rings (SSSR count). The molecule has 4 aromatic rings. The number of esters is 1. The third kappa shape index (κ3) is 4.82. The van der Waals surface area contributed by atoms with Crippen molar-refractivity contribution in [3.05, 3.63) is 70.9 Å². The van der Waals surface area contributed by atoms with E-state index in [1.807, 2.05) is 12.1 Å². The number of carbonyl (C=O) groups excluding carboxylic acids is 1. The number of hydrogen-bond acceptors (Lipinski definition) is 8. The van der Waals surface area contributed by atoms with Crippen LogP contribution in [0.15, 0.2) is 58.1 Å². The van der Waals surface area contributed by atoms with E-state index in [4.69, 9.17) is 9.26 Å². The van der Waals surface area contributed by atoms with Crippen LogP contribution in [0.3, 0.4) is 0 Å². The highest BCUT2D eigenvalue weighted by atomic mass is 16.5. The second-order valence-corrected chi connectivity index (χ2v) is 6.99. The Hall–Kier alpha value is -3.88. The molecule has 0 N–H and O–H groups in total. The summed E-state index contributed by atoms with van der Waals surface area (Å²) in [7, 11) is 1.66. The van der Waals surface area contributed by atoms with Crippen molar-refractivity contribution in [1.82, 2.24) is 24.7 Å². The molecular formula is C22H21N5O4. The smallest absolute Gasteiger partial charge is 0.306 e. The van der Waals surface area contributed by atoms with Crippen LogP contribution in [0.5, 0.6) is 0 Å². The highest BCUT2D eigenvalue weighted by Gasteiger charge is 2.12. The van der Waals surface area contributed by atoms with Gasteiger partial charge in [0, 0.05) is 37.8 Å². The van der Waals surface area contributed by atoms with Crippen LogP contribution in [-0.4, -0.2) is 37.3 Å². The lowest BCUT2D eigenvalue weighted by atomic mass is 10.2. The summed E-state index contributed by atoms with van der Waals surface area (Å²) >= 11 is 0. The lowest BCUT2D eigenvalue weighted by molar-refractivity contribution is -0.143. The lowest BCUT2D eigenvalue weighted by Gasteiger charge is -2.09. The molecule has 0 spiro atoms. The van der Waals surface area contributed by atoms with Gasteiger partial charge in [0.2, 0.25) is 11.7 Å². The Bertz CT molecular complexity index is 1250. The van der Waals surface area contributed by atoms with Gasteiger partial charge in [0.05, 0.1) is 23.9 Å². The van der Waals surface area contributed by atoms with Crippen LogP contribution in [0.4, 0.5) is 0 Å². The van der Waals surface area contributed by atoms with E-state index in [0.29, 0.717) is 47.7 Å². The van der Waals surface area contributed by atoms with Crippen LogP contribution in [0.2, 0.25) is 0 Å². The average molecular weight is 419 g/mol. The topological polar surface area (TPSA) is 113 Å². The fourth-order valence-electron chi connectivity index (χ4n) is 3.15. The summed E-state index contributed by atoms with van der Waals surface area (Å²) in [6.45, 7) is 0.244. The largest absolute Gasteiger partial charge is 0.466 e. The number of rotatable bonds is 8. The zero-order valence-corrected chi connectivity index (χ0v) is 17.0. The number of nitrogens with zero attached hydrogens (tertiary/aromatic N) is 5. The van der Waals surface area contributed by atoms with Crippen molar-refractivity contribution in [2.45, 2.75) is 25.7 Å². The molecule has 0 unspecified atom stereocenters. The van der Waals surface area contributed by atoms with Crippen LogP contribution in [0.1, 0.15) is 24.6 Å². The Labute approximate surface area is 177 Å². The zero-order valence-electron chi connectivity index (χ0n) is 17.0. The molecule has 0 amide bonds. The molecule has 0 aliphatic carbocycles. The predicted molar refractivity (Wildman–Crippen MR) is 112 cm³/mol. The first-order valence-corrected chi connectivity index (χ1v) is 9.95. The van der Waals surface area contributed by atoms with Gasteiger partial charge in [-0.1, -0.05) is 17.3 Å². The molecule has 0 fully saturated rings. The predicted octanol–water partition coefficient (Wildman–Crippen LogP) is 2.49. The monoisotopic (exact) mass is 419 g/mol. The van der Waals surface area contributed by atoms with Crippen LogP contribution < -0.4 is 5.56 Å². The SMILES string of the molecule is Cn1c(CCC(=O)OCCCc2nc(-c3cccnc3)no2)nc2ccccc2c1=O. The maximum Gasteiger partial charge on any atom is 0.306 e. The molecule has 0 atom stereocenters. The van der Waals surface area contributed by atoms with Gasteiger partial charge in [-0.05, 0) is 30.7 Å². The number of para-hydroxylation sites is 1. The number of fused-ring (bicyclic) bond motifs is 1. The summed E-state index contributed by atoms with van der Waals surface area (Å²) in [6, 6.07) is 10.8. The standard InChI is InChI=1S/C22H21N5O4/c1-27-18(24-17-8-3-2-7-16(17)22(27)29)10-11-20(28)30-13-5-9-19-25-21(26-31-19)15-6-4-12-23-14-15/h2-4,6-8,12,14H,5,9-11,13H2,1H3. The minimum atomic E-state index is -0.344. The van der Waals surface area contributed by atoms with Crippen molar-refractivity contribution in [3.8, 4) is 11.4 Å². The minimum absolute atomic E-state index is 0.126. The van der Waals surface area contributed by atoms with Gasteiger partial charge in [-0.15, -0.1) is 0 Å². The maximum atomic E-state index is 12.4. The highest BCUT2D eigenvalue weighted by Crippen LogP contribution is 2.14. The molecule has 9 heteroatoms. The van der Waals surface area contributed by atoms with Crippen molar-refractivity contribution in [2.24, 2.45) is 7.05 Å². The quantitative estimate of drug-likeness (QED) is 0.316. The number of aromatic nitrogens is 5. The number of carbonyl (C=O) groups is 1. The van der Waals surface area contributed by atoms with E-state index in [1.54, 1.807) is 43.7 Å². The number of aryl methyl sites for hydroxylation is 2. The second kappa shape index (κ2) is 9.29. The molecule has 0 saturated heterocycles. The lowest BCUT2D eigenvalue weighted by Crippen LogP contribution is -2.23. The molecule has 3 heterocycles.